The van der Waals surface area contributed by atoms with Gasteiger partial charge in [0, 0.05) is 0 Å². The van der Waals surface area contributed by atoms with E-state index in [9.17, 15) is 5.11 Å². The molecule has 2 heterocycles. The van der Waals surface area contributed by atoms with E-state index in [0.29, 0.717) is 17.0 Å². The first-order chi connectivity index (χ1) is 9.78. The highest BCUT2D eigenvalue weighted by Crippen LogP contribution is 2.23. The number of benzene rings is 1. The van der Waals surface area contributed by atoms with E-state index in [-0.39, 0.29) is 17.9 Å². The normalized spacial score (nSPS) is 12.5. The van der Waals surface area contributed by atoms with Crippen molar-refractivity contribution in [3.63, 3.8) is 0 Å². The van der Waals surface area contributed by atoms with Crippen molar-refractivity contribution in [1.29, 1.82) is 0 Å². The molecule has 0 aliphatic rings. The number of H-pyrrole nitrogens is 1. The summed E-state index contributed by atoms with van der Waals surface area (Å²) in [4.78, 5) is 15.2. The van der Waals surface area contributed by atoms with Crippen LogP contribution in [-0.2, 0) is 0 Å². The van der Waals surface area contributed by atoms with Crippen LogP contribution in [0.2, 0.25) is 5.28 Å². The van der Waals surface area contributed by atoms with Crippen molar-refractivity contribution in [3.05, 3.63) is 47.5 Å². The largest absolute Gasteiger partial charge is 0.394 e. The van der Waals surface area contributed by atoms with Crippen molar-refractivity contribution in [3.8, 4) is 0 Å². The van der Waals surface area contributed by atoms with Crippen LogP contribution in [0.5, 0.6) is 0 Å². The van der Waals surface area contributed by atoms with Gasteiger partial charge in [-0.25, -0.2) is 4.98 Å². The van der Waals surface area contributed by atoms with E-state index in [0.717, 1.165) is 5.56 Å². The lowest BCUT2D eigenvalue weighted by molar-refractivity contribution is 0.276. The number of aromatic amines is 1. The summed E-state index contributed by atoms with van der Waals surface area (Å²) in [6.45, 7) is -0.0682. The van der Waals surface area contributed by atoms with Gasteiger partial charge in [0.2, 0.25) is 5.28 Å². The van der Waals surface area contributed by atoms with Crippen molar-refractivity contribution < 1.29 is 5.11 Å². The van der Waals surface area contributed by atoms with Crippen molar-refractivity contribution in [2.75, 3.05) is 11.9 Å². The number of rotatable bonds is 4. The number of fused-ring (bicyclic) bond motifs is 1. The standard InChI is InChI=1S/C13H12ClN5O/c14-13-18-11-10(15-7-16-11)12(19-13)17-9(6-20)8-4-2-1-3-5-8/h1-5,7,9,20H,6H2,(H2,15,16,17,18,19)/t9-/m0/s1. The summed E-state index contributed by atoms with van der Waals surface area (Å²) in [5.74, 6) is 0.514. The van der Waals surface area contributed by atoms with Gasteiger partial charge in [-0.15, -0.1) is 0 Å². The molecule has 0 spiro atoms. The van der Waals surface area contributed by atoms with Gasteiger partial charge in [0.15, 0.2) is 11.5 Å². The van der Waals surface area contributed by atoms with Crippen LogP contribution in [0, 0.1) is 0 Å². The number of aliphatic hydroxyl groups excluding tert-OH is 1. The molecule has 2 aromatic heterocycles. The third kappa shape index (κ3) is 2.43. The van der Waals surface area contributed by atoms with Gasteiger partial charge in [0.25, 0.3) is 0 Å². The molecule has 0 aliphatic carbocycles. The molecule has 1 aromatic carbocycles. The lowest BCUT2D eigenvalue weighted by Gasteiger charge is -2.17. The number of aliphatic hydroxyl groups is 1. The van der Waals surface area contributed by atoms with Crippen molar-refractivity contribution in [1.82, 2.24) is 19.9 Å². The number of anilines is 1. The molecule has 0 unspecified atom stereocenters. The van der Waals surface area contributed by atoms with Gasteiger partial charge in [-0.2, -0.15) is 9.97 Å². The van der Waals surface area contributed by atoms with E-state index in [4.69, 9.17) is 11.6 Å². The third-order valence-corrected chi connectivity index (χ3v) is 3.12. The maximum atomic E-state index is 9.57. The molecule has 6 nitrogen and oxygen atoms in total. The van der Waals surface area contributed by atoms with Gasteiger partial charge < -0.3 is 15.4 Å². The predicted molar refractivity (Wildman–Crippen MR) is 76.6 cm³/mol. The quantitative estimate of drug-likeness (QED) is 0.641. The molecule has 3 aromatic rings. The van der Waals surface area contributed by atoms with E-state index in [1.807, 2.05) is 30.3 Å². The molecular weight excluding hydrogens is 278 g/mol. The average molecular weight is 290 g/mol. The Morgan fingerprint density at radius 3 is 2.80 bits per heavy atom. The summed E-state index contributed by atoms with van der Waals surface area (Å²) in [6.07, 6.45) is 1.53. The molecule has 0 fully saturated rings. The molecule has 3 N–H and O–H groups in total. The molecular formula is C13H12ClN5O. The molecule has 20 heavy (non-hydrogen) atoms. The summed E-state index contributed by atoms with van der Waals surface area (Å²) in [5, 5.41) is 12.8. The highest BCUT2D eigenvalue weighted by Gasteiger charge is 2.15. The zero-order chi connectivity index (χ0) is 13.9. The minimum atomic E-state index is -0.284. The molecule has 1 atom stereocenters. The maximum Gasteiger partial charge on any atom is 0.226 e. The minimum absolute atomic E-state index is 0.0682. The number of halogens is 1. The number of hydrogen-bond acceptors (Lipinski definition) is 5. The van der Waals surface area contributed by atoms with Gasteiger partial charge in [0.05, 0.1) is 19.0 Å². The minimum Gasteiger partial charge on any atom is -0.394 e. The first kappa shape index (κ1) is 12.8. The second-order valence-electron chi connectivity index (χ2n) is 4.23. The number of nitrogens with one attached hydrogen (secondary N) is 2. The van der Waals surface area contributed by atoms with Crippen LogP contribution in [-0.4, -0.2) is 31.6 Å². The van der Waals surface area contributed by atoms with E-state index in [1.54, 1.807) is 0 Å². The van der Waals surface area contributed by atoms with Gasteiger partial charge in [0.1, 0.15) is 5.52 Å². The fourth-order valence-electron chi connectivity index (χ4n) is 2.00. The first-order valence-electron chi connectivity index (χ1n) is 6.07. The Morgan fingerprint density at radius 1 is 1.25 bits per heavy atom. The van der Waals surface area contributed by atoms with Crippen LogP contribution in [0.15, 0.2) is 36.7 Å². The maximum absolute atomic E-state index is 9.57. The Morgan fingerprint density at radius 2 is 2.05 bits per heavy atom. The van der Waals surface area contributed by atoms with Crippen LogP contribution in [0.3, 0.4) is 0 Å². The third-order valence-electron chi connectivity index (χ3n) is 2.95. The number of imidazole rings is 1. The van der Waals surface area contributed by atoms with Gasteiger partial charge in [-0.05, 0) is 17.2 Å². The summed E-state index contributed by atoms with van der Waals surface area (Å²) in [5.41, 5.74) is 2.10. The Kier molecular flexibility index (Phi) is 3.49. The smallest absolute Gasteiger partial charge is 0.226 e. The van der Waals surface area contributed by atoms with E-state index in [2.05, 4.69) is 25.3 Å². The van der Waals surface area contributed by atoms with Crippen LogP contribution >= 0.6 is 11.6 Å². The first-order valence-corrected chi connectivity index (χ1v) is 6.44. The topological polar surface area (TPSA) is 86.7 Å². The highest BCUT2D eigenvalue weighted by atomic mass is 35.5. The van der Waals surface area contributed by atoms with E-state index < -0.39 is 0 Å². The molecule has 102 valence electrons. The SMILES string of the molecule is OC[C@H](Nc1nc(Cl)nc2nc[nH]c12)c1ccccc1. The Hall–Kier alpha value is -2.18. The van der Waals surface area contributed by atoms with Gasteiger partial charge in [-0.3, -0.25) is 0 Å². The Balaban J connectivity index is 1.97. The summed E-state index contributed by atoms with van der Waals surface area (Å²) in [7, 11) is 0. The zero-order valence-corrected chi connectivity index (χ0v) is 11.2. The highest BCUT2D eigenvalue weighted by molar-refractivity contribution is 6.28. The van der Waals surface area contributed by atoms with Crippen LogP contribution < -0.4 is 5.32 Å². The van der Waals surface area contributed by atoms with Crippen molar-refractivity contribution >= 4 is 28.6 Å². The molecule has 0 saturated carbocycles. The van der Waals surface area contributed by atoms with Gasteiger partial charge >= 0.3 is 0 Å². The molecule has 0 amide bonds. The summed E-state index contributed by atoms with van der Waals surface area (Å²) in [6, 6.07) is 9.33. The summed E-state index contributed by atoms with van der Waals surface area (Å²) >= 11 is 5.87. The number of aromatic nitrogens is 4. The van der Waals surface area contributed by atoms with E-state index >= 15 is 0 Å². The zero-order valence-electron chi connectivity index (χ0n) is 10.4. The Labute approximate surface area is 119 Å². The molecule has 0 saturated heterocycles. The van der Waals surface area contributed by atoms with E-state index in [1.165, 1.54) is 6.33 Å². The van der Waals surface area contributed by atoms with Crippen LogP contribution in [0.25, 0.3) is 11.2 Å². The Bertz CT molecular complexity index is 715. The molecule has 0 bridgehead atoms. The second-order valence-corrected chi connectivity index (χ2v) is 4.57. The molecule has 3 rings (SSSR count). The fourth-order valence-corrected chi connectivity index (χ4v) is 2.16. The molecule has 7 heteroatoms. The number of nitrogens with zero attached hydrogens (tertiary/aromatic N) is 3. The molecule has 0 aliphatic heterocycles. The average Bonchev–Trinajstić information content (AvgIpc) is 2.93. The van der Waals surface area contributed by atoms with Crippen LogP contribution in [0.1, 0.15) is 11.6 Å². The van der Waals surface area contributed by atoms with Crippen LogP contribution in [0.4, 0.5) is 5.82 Å². The molecule has 0 radical (unpaired) electrons. The van der Waals surface area contributed by atoms with Crippen molar-refractivity contribution in [2.24, 2.45) is 0 Å². The number of hydrogen-bond donors (Lipinski definition) is 3. The fraction of sp³-hybridized carbons (Fsp3) is 0.154. The van der Waals surface area contributed by atoms with Crippen molar-refractivity contribution in [2.45, 2.75) is 6.04 Å². The second kappa shape index (κ2) is 5.44. The lowest BCUT2D eigenvalue weighted by atomic mass is 10.1. The lowest BCUT2D eigenvalue weighted by Crippen LogP contribution is -2.16. The van der Waals surface area contributed by atoms with Gasteiger partial charge in [-0.1, -0.05) is 30.3 Å². The predicted octanol–water partition coefficient (Wildman–Crippen LogP) is 2.15. The monoisotopic (exact) mass is 289 g/mol. The summed E-state index contributed by atoms with van der Waals surface area (Å²) < 4.78 is 0.